The normalized spacial score (nSPS) is 14.8. The summed E-state index contributed by atoms with van der Waals surface area (Å²) in [6.45, 7) is 3.23. The molecule has 0 bridgehead atoms. The SMILES string of the molecule is COc1ccc(CN(CC2CCNCC2)C(=O)c2ccc(F)cc2)cc1. The summed E-state index contributed by atoms with van der Waals surface area (Å²) >= 11 is 0. The van der Waals surface area contributed by atoms with Gasteiger partial charge in [0.25, 0.3) is 5.91 Å². The second kappa shape index (κ2) is 8.81. The van der Waals surface area contributed by atoms with Crippen LogP contribution in [0.5, 0.6) is 5.75 Å². The number of methoxy groups -OCH3 is 1. The van der Waals surface area contributed by atoms with E-state index in [2.05, 4.69) is 5.32 Å². The molecule has 2 aromatic carbocycles. The van der Waals surface area contributed by atoms with Gasteiger partial charge in [-0.2, -0.15) is 0 Å². The van der Waals surface area contributed by atoms with E-state index in [9.17, 15) is 9.18 Å². The van der Waals surface area contributed by atoms with Crippen molar-refractivity contribution in [2.45, 2.75) is 19.4 Å². The van der Waals surface area contributed by atoms with E-state index in [0.29, 0.717) is 24.6 Å². The molecule has 0 aliphatic carbocycles. The zero-order valence-electron chi connectivity index (χ0n) is 15.1. The first-order valence-electron chi connectivity index (χ1n) is 9.04. The number of halogens is 1. The number of amides is 1. The summed E-state index contributed by atoms with van der Waals surface area (Å²) < 4.78 is 18.4. The van der Waals surface area contributed by atoms with Crippen molar-refractivity contribution in [3.8, 4) is 5.75 Å². The van der Waals surface area contributed by atoms with Gasteiger partial charge in [-0.3, -0.25) is 4.79 Å². The van der Waals surface area contributed by atoms with Gasteiger partial charge in [-0.05, 0) is 73.8 Å². The van der Waals surface area contributed by atoms with Crippen molar-refractivity contribution in [3.63, 3.8) is 0 Å². The quantitative estimate of drug-likeness (QED) is 0.862. The van der Waals surface area contributed by atoms with Crippen LogP contribution in [0, 0.1) is 11.7 Å². The minimum Gasteiger partial charge on any atom is -0.497 e. The lowest BCUT2D eigenvalue weighted by molar-refractivity contribution is 0.0702. The maximum Gasteiger partial charge on any atom is 0.254 e. The maximum atomic E-state index is 13.2. The average Bonchev–Trinajstić information content (AvgIpc) is 2.69. The van der Waals surface area contributed by atoms with E-state index >= 15 is 0 Å². The third-order valence-corrected chi connectivity index (χ3v) is 4.85. The number of nitrogens with one attached hydrogen (secondary N) is 1. The molecule has 0 radical (unpaired) electrons. The zero-order chi connectivity index (χ0) is 18.4. The average molecular weight is 356 g/mol. The molecule has 4 nitrogen and oxygen atoms in total. The van der Waals surface area contributed by atoms with Gasteiger partial charge >= 0.3 is 0 Å². The summed E-state index contributed by atoms with van der Waals surface area (Å²) in [7, 11) is 1.64. The molecule has 1 N–H and O–H groups in total. The number of carbonyl (C=O) groups excluding carboxylic acids is 1. The summed E-state index contributed by atoms with van der Waals surface area (Å²) in [4.78, 5) is 14.9. The second-order valence-corrected chi connectivity index (χ2v) is 6.73. The molecular formula is C21H25FN2O2. The van der Waals surface area contributed by atoms with Crippen molar-refractivity contribution >= 4 is 5.91 Å². The predicted octanol–water partition coefficient (Wildman–Crippen LogP) is 3.48. The largest absolute Gasteiger partial charge is 0.497 e. The summed E-state index contributed by atoms with van der Waals surface area (Å²) in [5.74, 6) is 0.892. The van der Waals surface area contributed by atoms with E-state index in [1.165, 1.54) is 12.1 Å². The standard InChI is InChI=1S/C21H25FN2O2/c1-26-20-8-2-16(3-9-20)14-24(15-17-10-12-23-13-11-17)21(25)18-4-6-19(22)7-5-18/h2-9,17,23H,10-15H2,1H3. The van der Waals surface area contributed by atoms with E-state index < -0.39 is 0 Å². The van der Waals surface area contributed by atoms with E-state index in [1.54, 1.807) is 19.2 Å². The summed E-state index contributed by atoms with van der Waals surface area (Å²) in [5.41, 5.74) is 1.57. The molecule has 26 heavy (non-hydrogen) atoms. The maximum absolute atomic E-state index is 13.2. The smallest absolute Gasteiger partial charge is 0.254 e. The zero-order valence-corrected chi connectivity index (χ0v) is 15.1. The van der Waals surface area contributed by atoms with Crippen molar-refractivity contribution in [3.05, 3.63) is 65.5 Å². The molecule has 1 heterocycles. The van der Waals surface area contributed by atoms with E-state index in [4.69, 9.17) is 4.74 Å². The topological polar surface area (TPSA) is 41.6 Å². The molecule has 0 saturated carbocycles. The Kier molecular flexibility index (Phi) is 6.23. The van der Waals surface area contributed by atoms with Crippen LogP contribution in [-0.2, 0) is 6.54 Å². The molecule has 1 aliphatic heterocycles. The lowest BCUT2D eigenvalue weighted by atomic mass is 9.97. The number of rotatable bonds is 6. The lowest BCUT2D eigenvalue weighted by Crippen LogP contribution is -2.39. The van der Waals surface area contributed by atoms with Crippen LogP contribution in [0.1, 0.15) is 28.8 Å². The molecule has 3 rings (SSSR count). The van der Waals surface area contributed by atoms with Gasteiger partial charge in [-0.25, -0.2) is 4.39 Å². The number of nitrogens with zero attached hydrogens (tertiary/aromatic N) is 1. The van der Waals surface area contributed by atoms with Crippen molar-refractivity contribution in [2.75, 3.05) is 26.7 Å². The highest BCUT2D eigenvalue weighted by molar-refractivity contribution is 5.94. The Labute approximate surface area is 154 Å². The summed E-state index contributed by atoms with van der Waals surface area (Å²) in [6, 6.07) is 13.5. The summed E-state index contributed by atoms with van der Waals surface area (Å²) in [5, 5.41) is 3.36. The van der Waals surface area contributed by atoms with Crippen LogP contribution in [0.4, 0.5) is 4.39 Å². The van der Waals surface area contributed by atoms with E-state index in [-0.39, 0.29) is 11.7 Å². The van der Waals surface area contributed by atoms with E-state index in [1.807, 2.05) is 29.2 Å². The Bertz CT molecular complexity index is 710. The van der Waals surface area contributed by atoms with Gasteiger partial charge in [0, 0.05) is 18.7 Å². The molecule has 0 aromatic heterocycles. The first-order chi connectivity index (χ1) is 12.7. The molecule has 1 amide bonds. The van der Waals surface area contributed by atoms with E-state index in [0.717, 1.165) is 37.2 Å². The van der Waals surface area contributed by atoms with Gasteiger partial charge in [0.1, 0.15) is 11.6 Å². The molecule has 138 valence electrons. The first-order valence-corrected chi connectivity index (χ1v) is 9.04. The third kappa shape index (κ3) is 4.82. The first kappa shape index (κ1) is 18.4. The van der Waals surface area contributed by atoms with Gasteiger partial charge in [0.2, 0.25) is 0 Å². The minimum absolute atomic E-state index is 0.0562. The molecule has 1 fully saturated rings. The van der Waals surface area contributed by atoms with Crippen LogP contribution in [0.3, 0.4) is 0 Å². The third-order valence-electron chi connectivity index (χ3n) is 4.85. The highest BCUT2D eigenvalue weighted by Gasteiger charge is 2.22. The fraction of sp³-hybridized carbons (Fsp3) is 0.381. The molecular weight excluding hydrogens is 331 g/mol. The van der Waals surface area contributed by atoms with Crippen LogP contribution in [-0.4, -0.2) is 37.6 Å². The summed E-state index contributed by atoms with van der Waals surface area (Å²) in [6.07, 6.45) is 2.13. The highest BCUT2D eigenvalue weighted by Crippen LogP contribution is 2.19. The van der Waals surface area contributed by atoms with Crippen LogP contribution < -0.4 is 10.1 Å². The molecule has 1 saturated heterocycles. The van der Waals surface area contributed by atoms with Crippen molar-refractivity contribution in [1.29, 1.82) is 0 Å². The van der Waals surface area contributed by atoms with Gasteiger partial charge in [-0.1, -0.05) is 12.1 Å². The predicted molar refractivity (Wildman–Crippen MR) is 99.7 cm³/mol. The Morgan fingerprint density at radius 1 is 1.12 bits per heavy atom. The number of carbonyl (C=O) groups is 1. The van der Waals surface area contributed by atoms with Crippen LogP contribution >= 0.6 is 0 Å². The van der Waals surface area contributed by atoms with Crippen molar-refractivity contribution < 1.29 is 13.9 Å². The second-order valence-electron chi connectivity index (χ2n) is 6.73. The van der Waals surface area contributed by atoms with Gasteiger partial charge in [0.15, 0.2) is 0 Å². The van der Waals surface area contributed by atoms with Crippen molar-refractivity contribution in [1.82, 2.24) is 10.2 Å². The van der Waals surface area contributed by atoms with Gasteiger partial charge in [0.05, 0.1) is 7.11 Å². The van der Waals surface area contributed by atoms with Crippen LogP contribution in [0.15, 0.2) is 48.5 Å². The Morgan fingerprint density at radius 2 is 1.77 bits per heavy atom. The Balaban J connectivity index is 1.77. The molecule has 0 spiro atoms. The van der Waals surface area contributed by atoms with Gasteiger partial charge in [-0.15, -0.1) is 0 Å². The molecule has 2 aromatic rings. The van der Waals surface area contributed by atoms with Crippen molar-refractivity contribution in [2.24, 2.45) is 5.92 Å². The minimum atomic E-state index is -0.332. The Hall–Kier alpha value is -2.40. The fourth-order valence-corrected chi connectivity index (χ4v) is 3.32. The molecule has 5 heteroatoms. The molecule has 0 atom stereocenters. The molecule has 0 unspecified atom stereocenters. The Morgan fingerprint density at radius 3 is 2.38 bits per heavy atom. The number of ether oxygens (including phenoxy) is 1. The van der Waals surface area contributed by atoms with Crippen LogP contribution in [0.25, 0.3) is 0 Å². The lowest BCUT2D eigenvalue weighted by Gasteiger charge is -2.30. The van der Waals surface area contributed by atoms with Gasteiger partial charge < -0.3 is 15.0 Å². The number of hydrogen-bond donors (Lipinski definition) is 1. The highest BCUT2D eigenvalue weighted by atomic mass is 19.1. The van der Waals surface area contributed by atoms with Crippen LogP contribution in [0.2, 0.25) is 0 Å². The molecule has 1 aliphatic rings. The fourth-order valence-electron chi connectivity index (χ4n) is 3.32. The number of hydrogen-bond acceptors (Lipinski definition) is 3. The number of piperidine rings is 1. The number of benzene rings is 2. The monoisotopic (exact) mass is 356 g/mol.